The second-order valence-electron chi connectivity index (χ2n) is 8.20. The lowest BCUT2D eigenvalue weighted by molar-refractivity contribution is -0.138. The molecule has 182 valence electrons. The zero-order chi connectivity index (χ0) is 24.7. The Labute approximate surface area is 195 Å². The Morgan fingerprint density at radius 3 is 2.62 bits per heavy atom. The van der Waals surface area contributed by atoms with Crippen molar-refractivity contribution in [3.8, 4) is 0 Å². The van der Waals surface area contributed by atoms with E-state index in [2.05, 4.69) is 20.2 Å². The quantitative estimate of drug-likeness (QED) is 0.478. The van der Waals surface area contributed by atoms with Crippen LogP contribution >= 0.6 is 0 Å². The molecule has 1 fully saturated rings. The maximum Gasteiger partial charge on any atom is 0.416 e. The topological polar surface area (TPSA) is 113 Å². The van der Waals surface area contributed by atoms with Gasteiger partial charge in [-0.15, -0.1) is 5.10 Å². The number of fused-ring (bicyclic) bond motifs is 1. The van der Waals surface area contributed by atoms with E-state index in [1.54, 1.807) is 13.0 Å². The Balaban J connectivity index is 1.69. The van der Waals surface area contributed by atoms with Crippen LogP contribution in [0, 0.1) is 13.8 Å². The van der Waals surface area contributed by atoms with Crippen molar-refractivity contribution in [1.29, 1.82) is 0 Å². The smallest absolute Gasteiger partial charge is 0.369 e. The molecule has 1 aromatic heterocycles. The number of anilines is 2. The van der Waals surface area contributed by atoms with E-state index >= 15 is 0 Å². The second kappa shape index (κ2) is 9.01. The summed E-state index contributed by atoms with van der Waals surface area (Å²) in [5, 5.41) is 12.9. The van der Waals surface area contributed by atoms with Gasteiger partial charge in [0.1, 0.15) is 6.17 Å². The number of hydrogen-bond donors (Lipinski definition) is 3. The fourth-order valence-electron chi connectivity index (χ4n) is 4.11. The van der Waals surface area contributed by atoms with Crippen molar-refractivity contribution < 1.29 is 21.6 Å². The maximum atomic E-state index is 13.3. The molecule has 2 aromatic carbocycles. The number of rotatable bonds is 4. The third kappa shape index (κ3) is 4.93. The number of nitrogens with one attached hydrogen (secondary N) is 2. The molecule has 4 N–H and O–H groups in total. The molecular formula is C22H25F3N6O2S. The molecule has 1 saturated heterocycles. The third-order valence-electron chi connectivity index (χ3n) is 5.96. The standard InChI is InChI=1S/C22H25F3N6O2S/c1-13-16(4-3-5-19(13)22(23,24)25)20(26)28-21-18-12-15(6-7-17(18)14(2)29-30-21)31-9-8-27-34(32,33)11-10-31/h3-7,12,20,27H,8-11,26H2,1-2H3,(H,28,30)/t20-/m0/s1. The largest absolute Gasteiger partial charge is 0.416 e. The highest BCUT2D eigenvalue weighted by atomic mass is 32.2. The van der Waals surface area contributed by atoms with E-state index in [1.807, 2.05) is 23.1 Å². The Morgan fingerprint density at radius 1 is 1.12 bits per heavy atom. The van der Waals surface area contributed by atoms with Crippen LogP contribution in [0.3, 0.4) is 0 Å². The van der Waals surface area contributed by atoms with Crippen LogP contribution in [-0.4, -0.2) is 44.0 Å². The number of sulfonamides is 1. The van der Waals surface area contributed by atoms with E-state index < -0.39 is 27.9 Å². The lowest BCUT2D eigenvalue weighted by Gasteiger charge is -2.23. The van der Waals surface area contributed by atoms with Gasteiger partial charge in [0.2, 0.25) is 10.0 Å². The van der Waals surface area contributed by atoms with E-state index in [4.69, 9.17) is 5.73 Å². The van der Waals surface area contributed by atoms with Crippen molar-refractivity contribution in [3.63, 3.8) is 0 Å². The minimum atomic E-state index is -4.49. The van der Waals surface area contributed by atoms with Crippen molar-refractivity contribution in [2.24, 2.45) is 5.73 Å². The molecule has 0 saturated carbocycles. The monoisotopic (exact) mass is 494 g/mol. The first kappa shape index (κ1) is 24.2. The van der Waals surface area contributed by atoms with Gasteiger partial charge in [0.05, 0.1) is 17.0 Å². The van der Waals surface area contributed by atoms with Crippen LogP contribution in [0.15, 0.2) is 36.4 Å². The highest BCUT2D eigenvalue weighted by Crippen LogP contribution is 2.35. The van der Waals surface area contributed by atoms with Crippen LogP contribution in [0.1, 0.15) is 28.6 Å². The van der Waals surface area contributed by atoms with Crippen molar-refractivity contribution in [2.75, 3.05) is 35.6 Å². The number of aromatic nitrogens is 2. The van der Waals surface area contributed by atoms with Crippen molar-refractivity contribution in [2.45, 2.75) is 26.2 Å². The molecule has 1 aliphatic rings. The molecule has 0 bridgehead atoms. The van der Waals surface area contributed by atoms with Crippen molar-refractivity contribution >= 4 is 32.3 Å². The van der Waals surface area contributed by atoms with Crippen LogP contribution in [0.5, 0.6) is 0 Å². The molecule has 4 rings (SSSR count). The number of aryl methyl sites for hydroxylation is 1. The molecule has 8 nitrogen and oxygen atoms in total. The molecule has 0 unspecified atom stereocenters. The molecule has 0 spiro atoms. The van der Waals surface area contributed by atoms with Gasteiger partial charge in [0, 0.05) is 36.1 Å². The Morgan fingerprint density at radius 2 is 1.88 bits per heavy atom. The maximum absolute atomic E-state index is 13.3. The summed E-state index contributed by atoms with van der Waals surface area (Å²) in [6.45, 7) is 4.30. The number of benzene rings is 2. The van der Waals surface area contributed by atoms with Crippen molar-refractivity contribution in [3.05, 3.63) is 58.8 Å². The minimum absolute atomic E-state index is 0.0243. The predicted molar refractivity (Wildman–Crippen MR) is 125 cm³/mol. The van der Waals surface area contributed by atoms with E-state index in [0.717, 1.165) is 17.1 Å². The van der Waals surface area contributed by atoms with Crippen LogP contribution in [0.25, 0.3) is 10.8 Å². The number of nitrogens with two attached hydrogens (primary N) is 1. The molecule has 2 heterocycles. The zero-order valence-corrected chi connectivity index (χ0v) is 19.5. The molecule has 3 aromatic rings. The number of nitrogens with zero attached hydrogens (tertiary/aromatic N) is 3. The van der Waals surface area contributed by atoms with Gasteiger partial charge in [0.25, 0.3) is 0 Å². The lowest BCUT2D eigenvalue weighted by Crippen LogP contribution is -2.28. The molecule has 0 radical (unpaired) electrons. The summed E-state index contributed by atoms with van der Waals surface area (Å²) >= 11 is 0. The van der Waals surface area contributed by atoms with Crippen LogP contribution in [0.4, 0.5) is 24.7 Å². The van der Waals surface area contributed by atoms with Gasteiger partial charge < -0.3 is 16.0 Å². The van der Waals surface area contributed by atoms with Crippen molar-refractivity contribution in [1.82, 2.24) is 14.9 Å². The minimum Gasteiger partial charge on any atom is -0.369 e. The van der Waals surface area contributed by atoms with Gasteiger partial charge in [-0.2, -0.15) is 18.3 Å². The molecule has 1 aliphatic heterocycles. The average molecular weight is 495 g/mol. The Hall–Kier alpha value is -2.96. The zero-order valence-electron chi connectivity index (χ0n) is 18.6. The molecule has 1 atom stereocenters. The highest BCUT2D eigenvalue weighted by Gasteiger charge is 2.33. The summed E-state index contributed by atoms with van der Waals surface area (Å²) in [6, 6.07) is 9.51. The molecule has 0 amide bonds. The summed E-state index contributed by atoms with van der Waals surface area (Å²) < 4.78 is 66.3. The Kier molecular flexibility index (Phi) is 6.40. The first-order valence-corrected chi connectivity index (χ1v) is 12.3. The fourth-order valence-corrected chi connectivity index (χ4v) is 5.12. The molecule has 0 aliphatic carbocycles. The van der Waals surface area contributed by atoms with Gasteiger partial charge in [-0.25, -0.2) is 13.1 Å². The van der Waals surface area contributed by atoms with Gasteiger partial charge >= 0.3 is 6.18 Å². The summed E-state index contributed by atoms with van der Waals surface area (Å²) in [6.07, 6.45) is -5.45. The first-order valence-electron chi connectivity index (χ1n) is 10.6. The lowest BCUT2D eigenvalue weighted by atomic mass is 10.00. The van der Waals surface area contributed by atoms with Crippen LogP contribution in [0.2, 0.25) is 0 Å². The summed E-state index contributed by atoms with van der Waals surface area (Å²) in [5.41, 5.74) is 7.34. The van der Waals surface area contributed by atoms with Crippen LogP contribution < -0.4 is 20.7 Å². The highest BCUT2D eigenvalue weighted by molar-refractivity contribution is 7.89. The number of alkyl halides is 3. The first-order chi connectivity index (χ1) is 16.0. The summed E-state index contributed by atoms with van der Waals surface area (Å²) in [5.74, 6) is 0.302. The summed E-state index contributed by atoms with van der Waals surface area (Å²) in [7, 11) is -3.31. The number of halogens is 3. The van der Waals surface area contributed by atoms with Gasteiger partial charge in [-0.3, -0.25) is 0 Å². The van der Waals surface area contributed by atoms with Gasteiger partial charge in [0.15, 0.2) is 5.82 Å². The molecule has 34 heavy (non-hydrogen) atoms. The Bertz CT molecular complexity index is 1330. The second-order valence-corrected chi connectivity index (χ2v) is 10.1. The van der Waals surface area contributed by atoms with Crippen LogP contribution in [-0.2, 0) is 16.2 Å². The van der Waals surface area contributed by atoms with E-state index in [0.29, 0.717) is 42.1 Å². The van der Waals surface area contributed by atoms with E-state index in [-0.39, 0.29) is 11.3 Å². The summed E-state index contributed by atoms with van der Waals surface area (Å²) in [4.78, 5) is 1.95. The third-order valence-corrected chi connectivity index (χ3v) is 7.32. The predicted octanol–water partition coefficient (Wildman–Crippen LogP) is 3.07. The van der Waals surface area contributed by atoms with Gasteiger partial charge in [-0.1, -0.05) is 18.2 Å². The fraction of sp³-hybridized carbons (Fsp3) is 0.364. The van der Waals surface area contributed by atoms with E-state index in [1.165, 1.54) is 13.0 Å². The van der Waals surface area contributed by atoms with Gasteiger partial charge in [-0.05, 0) is 43.2 Å². The average Bonchev–Trinajstić information content (AvgIpc) is 2.95. The SMILES string of the molecule is Cc1c([C@@H](N)Nc2nnc(C)c3ccc(N4CCNS(=O)(=O)CC4)cc23)cccc1C(F)(F)F. The molecule has 12 heteroatoms. The molecular weight excluding hydrogens is 469 g/mol. The normalized spacial score (nSPS) is 17.4. The van der Waals surface area contributed by atoms with E-state index in [9.17, 15) is 21.6 Å². The number of hydrogen-bond acceptors (Lipinski definition) is 7.